The second-order valence-corrected chi connectivity index (χ2v) is 11.0. The van der Waals surface area contributed by atoms with E-state index in [1.165, 1.54) is 43.6 Å². The van der Waals surface area contributed by atoms with Crippen LogP contribution in [0.4, 0.5) is 0 Å². The first-order valence-electron chi connectivity index (χ1n) is 12.3. The highest BCUT2D eigenvalue weighted by Crippen LogP contribution is 2.45. The van der Waals surface area contributed by atoms with Crippen LogP contribution in [0.15, 0.2) is 42.1 Å². The van der Waals surface area contributed by atoms with Gasteiger partial charge in [-0.05, 0) is 64.3 Å². The number of aromatic nitrogens is 6. The Balaban J connectivity index is 1.62. The Bertz CT molecular complexity index is 1210. The van der Waals surface area contributed by atoms with Crippen molar-refractivity contribution in [3.8, 4) is 11.4 Å². The van der Waals surface area contributed by atoms with Crippen molar-refractivity contribution in [3.05, 3.63) is 58.0 Å². The molecule has 1 aromatic carbocycles. The maximum Gasteiger partial charge on any atom is 0.234 e. The second-order valence-electron chi connectivity index (χ2n) is 9.88. The smallest absolute Gasteiger partial charge is 0.234 e. The lowest BCUT2D eigenvalue weighted by molar-refractivity contribution is 0.156. The van der Waals surface area contributed by atoms with Crippen LogP contribution in [0.2, 0.25) is 5.28 Å². The summed E-state index contributed by atoms with van der Waals surface area (Å²) < 4.78 is 4.28. The van der Waals surface area contributed by atoms with Gasteiger partial charge in [-0.1, -0.05) is 63.5 Å². The number of benzene rings is 1. The third-order valence-electron chi connectivity index (χ3n) is 6.90. The van der Waals surface area contributed by atoms with Gasteiger partial charge in [0, 0.05) is 30.3 Å². The summed E-state index contributed by atoms with van der Waals surface area (Å²) in [5.74, 6) is 1.06. The molecule has 1 unspecified atom stereocenters. The van der Waals surface area contributed by atoms with E-state index in [1.54, 1.807) is 0 Å². The topological polar surface area (TPSA) is 110 Å². The highest BCUT2D eigenvalue weighted by Gasteiger charge is 2.43. The van der Waals surface area contributed by atoms with Crippen molar-refractivity contribution < 1.29 is 0 Å². The fourth-order valence-corrected chi connectivity index (χ4v) is 6.26. The van der Waals surface area contributed by atoms with Gasteiger partial charge in [0.1, 0.15) is 10.5 Å². The predicted molar refractivity (Wildman–Crippen MR) is 139 cm³/mol. The van der Waals surface area contributed by atoms with Gasteiger partial charge < -0.3 is 10.6 Å². The van der Waals surface area contributed by atoms with Gasteiger partial charge in [0.25, 0.3) is 0 Å². The summed E-state index contributed by atoms with van der Waals surface area (Å²) >= 11 is 7.49. The lowest BCUT2D eigenvalue weighted by Gasteiger charge is -2.46. The standard InChI is InChI=1S/C25H31ClN8S/c1-16(2)15-34(18-8-4-3-5-9-18)21-13-12-17(14-25(21,27)23-28-24(26)31-35-23)19-10-6-7-11-20(19)22-29-32-33-30-22/h6-7,10-13,16,18H,3-5,8-9,14-15,27H2,1-2H3,(H,29,30,32,33). The van der Waals surface area contributed by atoms with Crippen molar-refractivity contribution in [2.45, 2.75) is 64.0 Å². The highest BCUT2D eigenvalue weighted by molar-refractivity contribution is 7.05. The Morgan fingerprint density at radius 1 is 1.17 bits per heavy atom. The number of tetrazole rings is 1. The van der Waals surface area contributed by atoms with E-state index in [2.05, 4.69) is 66.9 Å². The number of rotatable bonds is 7. The normalized spacial score (nSPS) is 21.2. The third-order valence-corrected chi connectivity index (χ3v) is 8.06. The molecule has 35 heavy (non-hydrogen) atoms. The van der Waals surface area contributed by atoms with Crippen LogP contribution in [0, 0.1) is 5.92 Å². The molecule has 2 heterocycles. The van der Waals surface area contributed by atoms with Gasteiger partial charge in [0.15, 0.2) is 0 Å². The molecule has 8 nitrogen and oxygen atoms in total. The molecule has 10 heteroatoms. The average molecular weight is 511 g/mol. The molecule has 1 atom stereocenters. The third kappa shape index (κ3) is 4.90. The van der Waals surface area contributed by atoms with Gasteiger partial charge in [0.2, 0.25) is 11.1 Å². The second kappa shape index (κ2) is 10.2. The summed E-state index contributed by atoms with van der Waals surface area (Å²) in [5.41, 5.74) is 10.7. The van der Waals surface area contributed by atoms with Crippen molar-refractivity contribution in [1.29, 1.82) is 0 Å². The molecule has 2 aromatic heterocycles. The Morgan fingerprint density at radius 3 is 2.60 bits per heavy atom. The first-order chi connectivity index (χ1) is 17.0. The number of allylic oxidation sites excluding steroid dienone is 2. The van der Waals surface area contributed by atoms with Crippen LogP contribution in [0.25, 0.3) is 17.0 Å². The van der Waals surface area contributed by atoms with Crippen LogP contribution in [0.5, 0.6) is 0 Å². The van der Waals surface area contributed by atoms with Gasteiger partial charge in [0.05, 0.1) is 0 Å². The molecular weight excluding hydrogens is 480 g/mol. The van der Waals surface area contributed by atoms with E-state index in [1.807, 2.05) is 18.2 Å². The molecule has 2 aliphatic carbocycles. The van der Waals surface area contributed by atoms with Crippen molar-refractivity contribution in [1.82, 2.24) is 34.9 Å². The molecule has 3 aromatic rings. The lowest BCUT2D eigenvalue weighted by Crippen LogP contribution is -2.51. The molecule has 5 rings (SSSR count). The van der Waals surface area contributed by atoms with Crippen molar-refractivity contribution >= 4 is 28.7 Å². The van der Waals surface area contributed by atoms with Crippen LogP contribution in [0.3, 0.4) is 0 Å². The summed E-state index contributed by atoms with van der Waals surface area (Å²) in [6.45, 7) is 5.48. The van der Waals surface area contributed by atoms with Crippen LogP contribution >= 0.6 is 23.1 Å². The largest absolute Gasteiger partial charge is 0.370 e. The summed E-state index contributed by atoms with van der Waals surface area (Å²) in [5, 5.41) is 15.7. The molecule has 0 bridgehead atoms. The first-order valence-corrected chi connectivity index (χ1v) is 13.4. The minimum atomic E-state index is -0.842. The van der Waals surface area contributed by atoms with E-state index < -0.39 is 5.54 Å². The molecule has 1 fully saturated rings. The van der Waals surface area contributed by atoms with Crippen LogP contribution < -0.4 is 5.73 Å². The summed E-state index contributed by atoms with van der Waals surface area (Å²) in [7, 11) is 0. The fraction of sp³-hybridized carbons (Fsp3) is 0.480. The Morgan fingerprint density at radius 2 is 1.94 bits per heavy atom. The quantitative estimate of drug-likeness (QED) is 0.450. The molecule has 3 N–H and O–H groups in total. The first kappa shape index (κ1) is 24.1. The zero-order valence-electron chi connectivity index (χ0n) is 20.1. The Kier molecular flexibility index (Phi) is 7.00. The van der Waals surface area contributed by atoms with Gasteiger partial charge in [-0.25, -0.2) is 4.98 Å². The van der Waals surface area contributed by atoms with Crippen molar-refractivity contribution in [2.24, 2.45) is 11.7 Å². The minimum Gasteiger partial charge on any atom is -0.370 e. The maximum atomic E-state index is 7.37. The SMILES string of the molecule is CC(C)CN(C1=CC=C(c2ccccc2-c2nn[nH]n2)CC1(N)c1nc(Cl)ns1)C1CCCCC1. The monoisotopic (exact) mass is 510 g/mol. The number of hydrogen-bond donors (Lipinski definition) is 2. The van der Waals surface area contributed by atoms with Gasteiger partial charge in [-0.15, -0.1) is 10.2 Å². The van der Waals surface area contributed by atoms with E-state index in [-0.39, 0.29) is 5.28 Å². The molecule has 0 spiro atoms. The molecular formula is C25H31ClN8S. The molecule has 184 valence electrons. The average Bonchev–Trinajstić information content (AvgIpc) is 3.56. The minimum absolute atomic E-state index is 0.241. The van der Waals surface area contributed by atoms with E-state index in [4.69, 9.17) is 17.3 Å². The molecule has 2 aliphatic rings. The number of nitrogens with zero attached hydrogens (tertiary/aromatic N) is 6. The van der Waals surface area contributed by atoms with Crippen LogP contribution in [-0.4, -0.2) is 47.5 Å². The number of aromatic amines is 1. The number of hydrogen-bond acceptors (Lipinski definition) is 8. The zero-order chi connectivity index (χ0) is 24.4. The van der Waals surface area contributed by atoms with Crippen molar-refractivity contribution in [2.75, 3.05) is 6.54 Å². The summed E-state index contributed by atoms with van der Waals surface area (Å²) in [6, 6.07) is 8.56. The lowest BCUT2D eigenvalue weighted by atomic mass is 9.79. The molecule has 0 saturated heterocycles. The number of nitrogens with one attached hydrogen (secondary N) is 1. The van der Waals surface area contributed by atoms with Crippen LogP contribution in [0.1, 0.15) is 62.9 Å². The summed E-state index contributed by atoms with van der Waals surface area (Å²) in [4.78, 5) is 7.13. The summed E-state index contributed by atoms with van der Waals surface area (Å²) in [6.07, 6.45) is 11.2. The molecule has 0 amide bonds. The number of halogens is 1. The van der Waals surface area contributed by atoms with E-state index in [0.29, 0.717) is 24.2 Å². The molecule has 1 saturated carbocycles. The number of H-pyrrole nitrogens is 1. The predicted octanol–water partition coefficient (Wildman–Crippen LogP) is 5.19. The Labute approximate surface area is 214 Å². The maximum absolute atomic E-state index is 7.37. The fourth-order valence-electron chi connectivity index (χ4n) is 5.35. The van der Waals surface area contributed by atoms with Crippen LogP contribution in [-0.2, 0) is 5.54 Å². The van der Waals surface area contributed by atoms with Crippen molar-refractivity contribution in [3.63, 3.8) is 0 Å². The highest BCUT2D eigenvalue weighted by atomic mass is 35.5. The zero-order valence-corrected chi connectivity index (χ0v) is 21.7. The molecule has 0 aliphatic heterocycles. The number of nitrogens with two attached hydrogens (primary N) is 1. The molecule has 0 radical (unpaired) electrons. The van der Waals surface area contributed by atoms with E-state index >= 15 is 0 Å². The van der Waals surface area contributed by atoms with Gasteiger partial charge >= 0.3 is 0 Å². The van der Waals surface area contributed by atoms with E-state index in [0.717, 1.165) is 33.9 Å². The van der Waals surface area contributed by atoms with Gasteiger partial charge in [-0.3, -0.25) is 0 Å². The van der Waals surface area contributed by atoms with Gasteiger partial charge in [-0.2, -0.15) is 9.59 Å². The van der Waals surface area contributed by atoms with E-state index in [9.17, 15) is 0 Å². The Hall–Kier alpha value is -2.62.